The van der Waals surface area contributed by atoms with E-state index in [-0.39, 0.29) is 6.04 Å². The molecule has 1 atom stereocenters. The van der Waals surface area contributed by atoms with Gasteiger partial charge in [-0.3, -0.25) is 0 Å². The molecule has 108 valence electrons. The number of aromatic nitrogens is 2. The fraction of sp³-hybridized carbons (Fsp3) is 0.467. The van der Waals surface area contributed by atoms with Crippen LogP contribution in [0.5, 0.6) is 5.75 Å². The number of ether oxygens (including phenoxy) is 1. The number of aryl methyl sites for hydroxylation is 1. The Morgan fingerprint density at radius 3 is 2.75 bits per heavy atom. The van der Waals surface area contributed by atoms with Gasteiger partial charge < -0.3 is 10.1 Å². The fourth-order valence-corrected chi connectivity index (χ4v) is 2.86. The molecule has 1 aromatic carbocycles. The molecule has 0 bridgehead atoms. The maximum atomic E-state index is 5.64. The zero-order valence-corrected chi connectivity index (χ0v) is 13.3. The average Bonchev–Trinajstić information content (AvgIpc) is 2.97. The highest BCUT2D eigenvalue weighted by molar-refractivity contribution is 7.05. The summed E-state index contributed by atoms with van der Waals surface area (Å²) >= 11 is 1.43. The Bertz CT molecular complexity index is 554. The van der Waals surface area contributed by atoms with Gasteiger partial charge in [0.25, 0.3) is 0 Å². The summed E-state index contributed by atoms with van der Waals surface area (Å²) in [5, 5.41) is 7.52. The number of rotatable bonds is 6. The molecule has 0 aliphatic carbocycles. The minimum atomic E-state index is 0.0872. The van der Waals surface area contributed by atoms with Crippen LogP contribution in [0.4, 0.5) is 0 Å². The molecule has 0 aliphatic heterocycles. The quantitative estimate of drug-likeness (QED) is 0.887. The van der Waals surface area contributed by atoms with Crippen molar-refractivity contribution in [3.63, 3.8) is 0 Å². The van der Waals surface area contributed by atoms with Crippen LogP contribution < -0.4 is 10.1 Å². The summed E-state index contributed by atoms with van der Waals surface area (Å²) in [6.45, 7) is 7.30. The number of methoxy groups -OCH3 is 1. The van der Waals surface area contributed by atoms with Gasteiger partial charge in [-0.2, -0.15) is 0 Å². The highest BCUT2D eigenvalue weighted by Gasteiger charge is 2.21. The Morgan fingerprint density at radius 2 is 2.15 bits per heavy atom. The van der Waals surface area contributed by atoms with Gasteiger partial charge in [0.1, 0.15) is 5.75 Å². The molecule has 0 saturated heterocycles. The zero-order valence-electron chi connectivity index (χ0n) is 12.4. The van der Waals surface area contributed by atoms with E-state index in [0.29, 0.717) is 0 Å². The van der Waals surface area contributed by atoms with Crippen molar-refractivity contribution in [3.8, 4) is 5.75 Å². The highest BCUT2D eigenvalue weighted by atomic mass is 32.1. The van der Waals surface area contributed by atoms with Gasteiger partial charge in [-0.05, 0) is 49.5 Å². The predicted octanol–water partition coefficient (Wildman–Crippen LogP) is 3.25. The molecular formula is C15H21N3OS. The van der Waals surface area contributed by atoms with Crippen LogP contribution in [0.3, 0.4) is 0 Å². The first-order valence-electron chi connectivity index (χ1n) is 6.83. The molecule has 0 spiro atoms. The van der Waals surface area contributed by atoms with Crippen molar-refractivity contribution >= 4 is 11.5 Å². The molecule has 1 unspecified atom stereocenters. The van der Waals surface area contributed by atoms with Crippen LogP contribution in [0.1, 0.15) is 41.0 Å². The second-order valence-corrected chi connectivity index (χ2v) is 5.65. The third kappa shape index (κ3) is 2.99. The molecule has 0 amide bonds. The summed E-state index contributed by atoms with van der Waals surface area (Å²) in [5.74, 6) is 0.951. The van der Waals surface area contributed by atoms with Crippen molar-refractivity contribution in [1.82, 2.24) is 14.9 Å². The molecule has 20 heavy (non-hydrogen) atoms. The Balaban J connectivity index is 2.46. The maximum absolute atomic E-state index is 5.64. The molecule has 0 radical (unpaired) electrons. The van der Waals surface area contributed by atoms with Crippen molar-refractivity contribution in [2.45, 2.75) is 33.2 Å². The third-order valence-corrected chi connectivity index (χ3v) is 4.21. The molecule has 2 rings (SSSR count). The number of benzene rings is 1. The zero-order chi connectivity index (χ0) is 14.5. The van der Waals surface area contributed by atoms with Crippen LogP contribution >= 0.6 is 11.5 Å². The normalized spacial score (nSPS) is 12.4. The molecule has 1 heterocycles. The lowest BCUT2D eigenvalue weighted by Crippen LogP contribution is -2.23. The molecule has 0 saturated carbocycles. The smallest absolute Gasteiger partial charge is 0.127 e. The monoisotopic (exact) mass is 291 g/mol. The molecule has 1 N–H and O–H groups in total. The Kier molecular flexibility index (Phi) is 5.09. The lowest BCUT2D eigenvalue weighted by molar-refractivity contribution is 0.400. The molecule has 5 heteroatoms. The van der Waals surface area contributed by atoms with Crippen molar-refractivity contribution in [1.29, 1.82) is 0 Å². The van der Waals surface area contributed by atoms with Gasteiger partial charge in [0, 0.05) is 5.56 Å². The average molecular weight is 291 g/mol. The molecule has 1 aromatic heterocycles. The van der Waals surface area contributed by atoms with Crippen LogP contribution in [0.15, 0.2) is 18.3 Å². The Hall–Kier alpha value is -1.46. The van der Waals surface area contributed by atoms with Crippen LogP contribution in [0, 0.1) is 13.8 Å². The van der Waals surface area contributed by atoms with Crippen molar-refractivity contribution in [3.05, 3.63) is 39.9 Å². The summed E-state index contributed by atoms with van der Waals surface area (Å²) in [7, 11) is 1.73. The second kappa shape index (κ2) is 6.81. The number of hydrogen-bond acceptors (Lipinski definition) is 5. The van der Waals surface area contributed by atoms with Crippen LogP contribution in [0.2, 0.25) is 0 Å². The third-order valence-electron chi connectivity index (χ3n) is 3.48. The first-order valence-corrected chi connectivity index (χ1v) is 7.61. The highest BCUT2D eigenvalue weighted by Crippen LogP contribution is 2.34. The largest absolute Gasteiger partial charge is 0.496 e. The van der Waals surface area contributed by atoms with Crippen LogP contribution in [-0.2, 0) is 0 Å². The Labute approximate surface area is 124 Å². The van der Waals surface area contributed by atoms with E-state index in [0.717, 1.165) is 29.2 Å². The maximum Gasteiger partial charge on any atom is 0.127 e. The van der Waals surface area contributed by atoms with E-state index in [9.17, 15) is 0 Å². The van der Waals surface area contributed by atoms with Crippen LogP contribution in [-0.4, -0.2) is 23.2 Å². The first-order chi connectivity index (χ1) is 9.69. The number of nitrogens with zero attached hydrogens (tertiary/aromatic N) is 2. The van der Waals surface area contributed by atoms with Gasteiger partial charge in [0.2, 0.25) is 0 Å². The van der Waals surface area contributed by atoms with Gasteiger partial charge in [-0.1, -0.05) is 23.5 Å². The number of nitrogens with one attached hydrogen (secondary N) is 1. The van der Waals surface area contributed by atoms with E-state index in [2.05, 4.69) is 47.8 Å². The van der Waals surface area contributed by atoms with Crippen molar-refractivity contribution < 1.29 is 4.74 Å². The SMILES string of the molecule is CCCNC(c1cnns1)c1ccc(C)c(C)c1OC. The lowest BCUT2D eigenvalue weighted by Gasteiger charge is -2.21. The van der Waals surface area contributed by atoms with Gasteiger partial charge in [0.15, 0.2) is 0 Å². The summed E-state index contributed by atoms with van der Waals surface area (Å²) in [5.41, 5.74) is 3.57. The molecule has 0 aliphatic rings. The molecule has 4 nitrogen and oxygen atoms in total. The van der Waals surface area contributed by atoms with Gasteiger partial charge in [-0.15, -0.1) is 5.10 Å². The van der Waals surface area contributed by atoms with E-state index in [1.165, 1.54) is 22.7 Å². The summed E-state index contributed by atoms with van der Waals surface area (Å²) in [6, 6.07) is 4.36. The first kappa shape index (κ1) is 14.9. The predicted molar refractivity (Wildman–Crippen MR) is 82.5 cm³/mol. The van der Waals surface area contributed by atoms with Gasteiger partial charge in [-0.25, -0.2) is 0 Å². The van der Waals surface area contributed by atoms with E-state index in [4.69, 9.17) is 4.74 Å². The minimum Gasteiger partial charge on any atom is -0.496 e. The second-order valence-electron chi connectivity index (χ2n) is 4.84. The van der Waals surface area contributed by atoms with E-state index < -0.39 is 0 Å². The molecule has 0 fully saturated rings. The summed E-state index contributed by atoms with van der Waals surface area (Å²) in [6.07, 6.45) is 2.91. The fourth-order valence-electron chi connectivity index (χ4n) is 2.26. The lowest BCUT2D eigenvalue weighted by atomic mass is 9.98. The van der Waals surface area contributed by atoms with E-state index in [1.807, 2.05) is 6.20 Å². The summed E-state index contributed by atoms with van der Waals surface area (Å²) < 4.78 is 9.62. The topological polar surface area (TPSA) is 47.0 Å². The minimum absolute atomic E-state index is 0.0872. The summed E-state index contributed by atoms with van der Waals surface area (Å²) in [4.78, 5) is 1.11. The standard InChI is InChI=1S/C15H21N3OS/c1-5-8-16-14(13-9-17-18-20-13)12-7-6-10(2)11(3)15(12)19-4/h6-7,9,14,16H,5,8H2,1-4H3. The Morgan fingerprint density at radius 1 is 1.35 bits per heavy atom. The van der Waals surface area contributed by atoms with Gasteiger partial charge >= 0.3 is 0 Å². The van der Waals surface area contributed by atoms with Gasteiger partial charge in [0.05, 0.1) is 24.2 Å². The molecular weight excluding hydrogens is 270 g/mol. The number of hydrogen-bond donors (Lipinski definition) is 1. The van der Waals surface area contributed by atoms with Crippen molar-refractivity contribution in [2.75, 3.05) is 13.7 Å². The van der Waals surface area contributed by atoms with E-state index >= 15 is 0 Å². The molecule has 2 aromatic rings. The van der Waals surface area contributed by atoms with Crippen molar-refractivity contribution in [2.24, 2.45) is 0 Å². The van der Waals surface area contributed by atoms with E-state index in [1.54, 1.807) is 7.11 Å². The van der Waals surface area contributed by atoms with Crippen LogP contribution in [0.25, 0.3) is 0 Å².